The number of hydrogen-bond acceptors (Lipinski definition) is 3. The molecule has 2 aromatic rings. The molecular formula is C17H18N4. The molecule has 0 atom stereocenters. The number of aromatic nitrogens is 2. The predicted octanol–water partition coefficient (Wildman–Crippen LogP) is 3.37. The molecule has 0 unspecified atom stereocenters. The van der Waals surface area contributed by atoms with Crippen LogP contribution in [0.15, 0.2) is 24.3 Å². The van der Waals surface area contributed by atoms with E-state index >= 15 is 0 Å². The smallest absolute Gasteiger partial charge is 0.133 e. The zero-order chi connectivity index (χ0) is 14.2. The lowest BCUT2D eigenvalue weighted by Gasteiger charge is -2.08. The highest BCUT2D eigenvalue weighted by Crippen LogP contribution is 2.39. The molecule has 4 heteroatoms. The van der Waals surface area contributed by atoms with E-state index in [1.165, 1.54) is 36.9 Å². The first-order valence-corrected chi connectivity index (χ1v) is 7.73. The Morgan fingerprint density at radius 2 is 1.95 bits per heavy atom. The molecule has 1 N–H and O–H groups in total. The van der Waals surface area contributed by atoms with Crippen molar-refractivity contribution in [1.82, 2.24) is 9.78 Å². The molecule has 1 aliphatic heterocycles. The Labute approximate surface area is 124 Å². The first-order valence-electron chi connectivity index (χ1n) is 7.73. The third kappa shape index (κ3) is 2.01. The van der Waals surface area contributed by atoms with Crippen LogP contribution in [0.5, 0.6) is 0 Å². The summed E-state index contributed by atoms with van der Waals surface area (Å²) >= 11 is 0. The largest absolute Gasteiger partial charge is 0.369 e. The first kappa shape index (κ1) is 12.5. The molecule has 4 rings (SSSR count). The molecule has 1 aliphatic carbocycles. The van der Waals surface area contributed by atoms with Crippen LogP contribution in [0.3, 0.4) is 0 Å². The van der Waals surface area contributed by atoms with Crippen molar-refractivity contribution in [2.45, 2.75) is 38.0 Å². The topological polar surface area (TPSA) is 53.6 Å². The lowest BCUT2D eigenvalue weighted by atomic mass is 9.99. The molecule has 0 radical (unpaired) electrons. The lowest BCUT2D eigenvalue weighted by Crippen LogP contribution is -2.06. The second-order valence-electron chi connectivity index (χ2n) is 5.94. The second-order valence-corrected chi connectivity index (χ2v) is 5.94. The average Bonchev–Trinajstić information content (AvgIpc) is 3.24. The Balaban J connectivity index is 1.78. The van der Waals surface area contributed by atoms with Crippen LogP contribution in [0, 0.1) is 11.3 Å². The zero-order valence-electron chi connectivity index (χ0n) is 12.0. The third-order valence-corrected chi connectivity index (χ3v) is 4.66. The summed E-state index contributed by atoms with van der Waals surface area (Å²) in [6.45, 7) is 1.00. The summed E-state index contributed by atoms with van der Waals surface area (Å²) in [7, 11) is 0. The Bertz CT molecular complexity index is 700. The number of benzene rings is 1. The molecule has 0 amide bonds. The maximum absolute atomic E-state index is 8.92. The average molecular weight is 278 g/mol. The monoisotopic (exact) mass is 278 g/mol. The van der Waals surface area contributed by atoms with E-state index in [-0.39, 0.29) is 0 Å². The highest BCUT2D eigenvalue weighted by molar-refractivity contribution is 5.58. The number of nitriles is 1. The molecule has 0 spiro atoms. The van der Waals surface area contributed by atoms with E-state index in [1.54, 1.807) is 0 Å². The van der Waals surface area contributed by atoms with Gasteiger partial charge in [0.1, 0.15) is 5.82 Å². The molecule has 1 aromatic carbocycles. The van der Waals surface area contributed by atoms with E-state index in [0.29, 0.717) is 11.5 Å². The summed E-state index contributed by atoms with van der Waals surface area (Å²) in [6.07, 6.45) is 6.29. The van der Waals surface area contributed by atoms with E-state index in [4.69, 9.17) is 10.4 Å². The summed E-state index contributed by atoms with van der Waals surface area (Å²) in [5, 5.41) is 17.3. The van der Waals surface area contributed by atoms with Crippen LogP contribution >= 0.6 is 0 Å². The number of nitrogens with one attached hydrogen (secondary N) is 1. The predicted molar refractivity (Wildman–Crippen MR) is 81.7 cm³/mol. The van der Waals surface area contributed by atoms with Crippen molar-refractivity contribution in [3.05, 3.63) is 41.1 Å². The van der Waals surface area contributed by atoms with Crippen molar-refractivity contribution in [1.29, 1.82) is 5.26 Å². The molecule has 0 bridgehead atoms. The normalized spacial score (nSPS) is 17.5. The molecule has 2 aliphatic rings. The van der Waals surface area contributed by atoms with Crippen LogP contribution in [0.2, 0.25) is 0 Å². The molecule has 0 saturated heterocycles. The number of rotatable bonds is 2. The number of hydrogen-bond donors (Lipinski definition) is 1. The van der Waals surface area contributed by atoms with Crippen LogP contribution in [0.25, 0.3) is 5.69 Å². The van der Waals surface area contributed by atoms with Gasteiger partial charge in [-0.15, -0.1) is 0 Å². The van der Waals surface area contributed by atoms with E-state index in [2.05, 4.69) is 11.4 Å². The lowest BCUT2D eigenvalue weighted by molar-refractivity contribution is 0.670. The minimum atomic E-state index is 0.637. The number of fused-ring (bicyclic) bond motifs is 1. The van der Waals surface area contributed by atoms with Gasteiger partial charge >= 0.3 is 0 Å². The van der Waals surface area contributed by atoms with Crippen LogP contribution in [0.4, 0.5) is 5.82 Å². The van der Waals surface area contributed by atoms with Gasteiger partial charge in [0.2, 0.25) is 0 Å². The molecule has 4 nitrogen and oxygen atoms in total. The van der Waals surface area contributed by atoms with E-state index in [1.807, 2.05) is 28.9 Å². The van der Waals surface area contributed by atoms with Crippen molar-refractivity contribution >= 4 is 5.82 Å². The van der Waals surface area contributed by atoms with Gasteiger partial charge in [0.15, 0.2) is 0 Å². The highest BCUT2D eigenvalue weighted by atomic mass is 15.3. The van der Waals surface area contributed by atoms with Gasteiger partial charge in [0.05, 0.1) is 23.0 Å². The summed E-state index contributed by atoms with van der Waals surface area (Å²) in [5.74, 6) is 1.79. The summed E-state index contributed by atoms with van der Waals surface area (Å²) in [5.41, 5.74) is 4.43. The Morgan fingerprint density at radius 3 is 2.67 bits per heavy atom. The second kappa shape index (κ2) is 4.92. The summed E-state index contributed by atoms with van der Waals surface area (Å²) in [4.78, 5) is 0. The van der Waals surface area contributed by atoms with Crippen molar-refractivity contribution < 1.29 is 0 Å². The highest BCUT2D eigenvalue weighted by Gasteiger charge is 2.29. The fourth-order valence-electron chi connectivity index (χ4n) is 3.59. The SMILES string of the molecule is N#Cc1ccc(-n2nc(C3CCCC3)c3c2NCC3)cc1. The zero-order valence-corrected chi connectivity index (χ0v) is 12.0. The fourth-order valence-corrected chi connectivity index (χ4v) is 3.59. The van der Waals surface area contributed by atoms with Crippen LogP contribution in [-0.4, -0.2) is 16.3 Å². The fraction of sp³-hybridized carbons (Fsp3) is 0.412. The van der Waals surface area contributed by atoms with Gasteiger partial charge in [-0.25, -0.2) is 4.68 Å². The number of nitrogens with zero attached hydrogens (tertiary/aromatic N) is 3. The minimum absolute atomic E-state index is 0.637. The third-order valence-electron chi connectivity index (χ3n) is 4.66. The Kier molecular flexibility index (Phi) is 2.92. The van der Waals surface area contributed by atoms with Gasteiger partial charge in [-0.2, -0.15) is 10.4 Å². The Hall–Kier alpha value is -2.28. The van der Waals surface area contributed by atoms with Crippen LogP contribution in [0.1, 0.15) is 48.4 Å². The molecular weight excluding hydrogens is 260 g/mol. The molecule has 1 fully saturated rings. The van der Waals surface area contributed by atoms with Crippen LogP contribution < -0.4 is 5.32 Å². The van der Waals surface area contributed by atoms with E-state index < -0.39 is 0 Å². The minimum Gasteiger partial charge on any atom is -0.369 e. The standard InChI is InChI=1S/C17H18N4/c18-11-12-5-7-14(8-6-12)21-17-15(9-10-19-17)16(20-21)13-3-1-2-4-13/h5-8,13,19H,1-4,9-10H2. The van der Waals surface area contributed by atoms with Crippen molar-refractivity contribution in [3.8, 4) is 11.8 Å². The molecule has 1 aromatic heterocycles. The molecule has 106 valence electrons. The molecule has 2 heterocycles. The van der Waals surface area contributed by atoms with Crippen LogP contribution in [-0.2, 0) is 6.42 Å². The van der Waals surface area contributed by atoms with Gasteiger partial charge < -0.3 is 5.32 Å². The first-order chi connectivity index (χ1) is 10.4. The van der Waals surface area contributed by atoms with Gasteiger partial charge in [0.25, 0.3) is 0 Å². The van der Waals surface area contributed by atoms with Crippen molar-refractivity contribution in [3.63, 3.8) is 0 Å². The maximum Gasteiger partial charge on any atom is 0.133 e. The van der Waals surface area contributed by atoms with Gasteiger partial charge in [0, 0.05) is 18.0 Å². The van der Waals surface area contributed by atoms with Gasteiger partial charge in [-0.1, -0.05) is 12.8 Å². The quantitative estimate of drug-likeness (QED) is 0.916. The van der Waals surface area contributed by atoms with Crippen molar-refractivity contribution in [2.75, 3.05) is 11.9 Å². The molecule has 21 heavy (non-hydrogen) atoms. The summed E-state index contributed by atoms with van der Waals surface area (Å²) < 4.78 is 2.02. The van der Waals surface area contributed by atoms with E-state index in [0.717, 1.165) is 24.5 Å². The summed E-state index contributed by atoms with van der Waals surface area (Å²) in [6, 6.07) is 9.83. The van der Waals surface area contributed by atoms with Gasteiger partial charge in [-0.05, 0) is 43.5 Å². The van der Waals surface area contributed by atoms with Gasteiger partial charge in [-0.3, -0.25) is 0 Å². The van der Waals surface area contributed by atoms with E-state index in [9.17, 15) is 0 Å². The maximum atomic E-state index is 8.92. The van der Waals surface area contributed by atoms with Crippen molar-refractivity contribution in [2.24, 2.45) is 0 Å². The number of anilines is 1. The Morgan fingerprint density at radius 1 is 1.19 bits per heavy atom. The molecule has 1 saturated carbocycles.